The van der Waals surface area contributed by atoms with E-state index in [-0.39, 0.29) is 0 Å². The third-order valence-corrected chi connectivity index (χ3v) is 5.27. The van der Waals surface area contributed by atoms with Crippen molar-refractivity contribution in [3.63, 3.8) is 0 Å². The molecule has 0 radical (unpaired) electrons. The van der Waals surface area contributed by atoms with Gasteiger partial charge in [0.25, 0.3) is 0 Å². The van der Waals surface area contributed by atoms with Crippen molar-refractivity contribution in [3.8, 4) is 11.5 Å². The average Bonchev–Trinajstić information content (AvgIpc) is 2.77. The van der Waals surface area contributed by atoms with Gasteiger partial charge in [-0.25, -0.2) is 0 Å². The zero-order valence-electron chi connectivity index (χ0n) is 16.3. The quantitative estimate of drug-likeness (QED) is 0.415. The Morgan fingerprint density at radius 1 is 0.448 bits per heavy atom. The van der Waals surface area contributed by atoms with Crippen LogP contribution in [0.4, 0.5) is 0 Å². The van der Waals surface area contributed by atoms with Gasteiger partial charge in [0.1, 0.15) is 13.2 Å². The first kappa shape index (κ1) is 18.4. The van der Waals surface area contributed by atoms with E-state index in [1.54, 1.807) is 0 Å². The summed E-state index contributed by atoms with van der Waals surface area (Å²) in [5.41, 5.74) is 0. The molecule has 1 aliphatic heterocycles. The monoisotopic (exact) mass is 392 g/mol. The first-order valence-electron chi connectivity index (χ1n) is 10.1. The van der Waals surface area contributed by atoms with Crippen LogP contribution in [-0.4, -0.2) is 52.9 Å². The highest BCUT2D eigenvalue weighted by Gasteiger charge is 2.20. The van der Waals surface area contributed by atoms with E-state index in [0.29, 0.717) is 52.9 Å². The molecular formula is C24H24O5. The summed E-state index contributed by atoms with van der Waals surface area (Å²) in [5, 5.41) is 6.96. The van der Waals surface area contributed by atoms with Crippen molar-refractivity contribution in [2.45, 2.75) is 0 Å². The van der Waals surface area contributed by atoms with Gasteiger partial charge in [0.2, 0.25) is 0 Å². The Morgan fingerprint density at radius 2 is 0.862 bits per heavy atom. The molecule has 0 bridgehead atoms. The van der Waals surface area contributed by atoms with E-state index in [9.17, 15) is 0 Å². The number of hydrogen-bond acceptors (Lipinski definition) is 5. The van der Waals surface area contributed by atoms with E-state index in [0.717, 1.165) is 22.3 Å². The molecule has 0 aliphatic carbocycles. The van der Waals surface area contributed by atoms with Gasteiger partial charge in [-0.05, 0) is 10.8 Å². The van der Waals surface area contributed by atoms with E-state index in [2.05, 4.69) is 48.5 Å². The summed E-state index contributed by atoms with van der Waals surface area (Å²) in [5.74, 6) is 1.55. The molecule has 0 atom stereocenters. The van der Waals surface area contributed by atoms with Crippen molar-refractivity contribution in [1.29, 1.82) is 0 Å². The van der Waals surface area contributed by atoms with Crippen LogP contribution in [-0.2, 0) is 14.2 Å². The standard InChI is InChI=1S/C24H24O5/c1-3-17-7-8-18-4-2-6-20-22(18)21(17)19(5-1)23-24(20)29-16-14-27-12-10-25-9-11-26-13-15-28-23/h1-8H,9-16H2. The lowest BCUT2D eigenvalue weighted by Crippen LogP contribution is -2.13. The van der Waals surface area contributed by atoms with E-state index in [4.69, 9.17) is 23.7 Å². The van der Waals surface area contributed by atoms with Crippen LogP contribution in [0.2, 0.25) is 0 Å². The summed E-state index contributed by atoms with van der Waals surface area (Å²) in [7, 11) is 0. The van der Waals surface area contributed by atoms with Crippen LogP contribution in [0.25, 0.3) is 32.3 Å². The number of benzene rings is 4. The molecule has 0 saturated carbocycles. The highest BCUT2D eigenvalue weighted by atomic mass is 16.6. The van der Waals surface area contributed by atoms with E-state index in [1.807, 2.05) is 0 Å². The van der Waals surface area contributed by atoms with Gasteiger partial charge < -0.3 is 23.7 Å². The summed E-state index contributed by atoms with van der Waals surface area (Å²) in [6.07, 6.45) is 0. The maximum absolute atomic E-state index is 6.25. The minimum Gasteiger partial charge on any atom is -0.487 e. The van der Waals surface area contributed by atoms with Crippen LogP contribution in [0.3, 0.4) is 0 Å². The maximum atomic E-state index is 6.25. The fraction of sp³-hybridized carbons (Fsp3) is 0.333. The molecule has 0 amide bonds. The highest BCUT2D eigenvalue weighted by Crippen LogP contribution is 2.47. The molecule has 0 fully saturated rings. The predicted octanol–water partition coefficient (Wildman–Crippen LogP) is 4.41. The normalized spacial score (nSPS) is 17.4. The fourth-order valence-corrected chi connectivity index (χ4v) is 4.01. The van der Waals surface area contributed by atoms with Gasteiger partial charge in [-0.3, -0.25) is 0 Å². The molecule has 4 aromatic rings. The molecule has 5 rings (SSSR count). The van der Waals surface area contributed by atoms with Crippen molar-refractivity contribution in [2.75, 3.05) is 52.9 Å². The van der Waals surface area contributed by atoms with Gasteiger partial charge in [0.15, 0.2) is 11.5 Å². The van der Waals surface area contributed by atoms with Crippen LogP contribution < -0.4 is 9.47 Å². The van der Waals surface area contributed by atoms with Gasteiger partial charge in [-0.1, -0.05) is 48.5 Å². The molecule has 1 heterocycles. The zero-order chi connectivity index (χ0) is 19.5. The van der Waals surface area contributed by atoms with Crippen molar-refractivity contribution in [3.05, 3.63) is 48.5 Å². The summed E-state index contributed by atoms with van der Waals surface area (Å²) in [6, 6.07) is 17.0. The third kappa shape index (κ3) is 3.57. The fourth-order valence-electron chi connectivity index (χ4n) is 4.01. The van der Waals surface area contributed by atoms with Crippen LogP contribution in [0.15, 0.2) is 48.5 Å². The molecule has 0 aromatic heterocycles. The Labute approximate surface area is 169 Å². The molecule has 150 valence electrons. The average molecular weight is 392 g/mol. The minimum atomic E-state index is 0.452. The predicted molar refractivity (Wildman–Crippen MR) is 114 cm³/mol. The summed E-state index contributed by atoms with van der Waals surface area (Å²) < 4.78 is 29.2. The van der Waals surface area contributed by atoms with Gasteiger partial charge in [0.05, 0.1) is 39.6 Å². The van der Waals surface area contributed by atoms with E-state index >= 15 is 0 Å². The Bertz CT molecular complexity index is 1020. The van der Waals surface area contributed by atoms with Crippen molar-refractivity contribution in [2.24, 2.45) is 0 Å². The van der Waals surface area contributed by atoms with E-state index in [1.165, 1.54) is 21.5 Å². The zero-order valence-corrected chi connectivity index (χ0v) is 16.3. The van der Waals surface area contributed by atoms with Crippen molar-refractivity contribution in [1.82, 2.24) is 0 Å². The number of rotatable bonds is 0. The Hall–Kier alpha value is -2.60. The molecule has 1 aliphatic rings. The molecule has 0 N–H and O–H groups in total. The SMILES string of the molecule is c1cc2ccc3cccc4c5c(c(c1)c2c34)OCCOCCOCCOCCO5. The Kier molecular flexibility index (Phi) is 5.35. The second-order valence-electron chi connectivity index (χ2n) is 7.07. The number of fused-ring (bicyclic) bond motifs is 3. The van der Waals surface area contributed by atoms with E-state index < -0.39 is 0 Å². The second kappa shape index (κ2) is 8.41. The summed E-state index contributed by atoms with van der Waals surface area (Å²) in [6.45, 7) is 4.11. The minimum absolute atomic E-state index is 0.452. The van der Waals surface area contributed by atoms with Gasteiger partial charge in [-0.2, -0.15) is 0 Å². The highest BCUT2D eigenvalue weighted by molar-refractivity contribution is 6.26. The lowest BCUT2D eigenvalue weighted by Gasteiger charge is -2.20. The summed E-state index contributed by atoms with van der Waals surface area (Å²) >= 11 is 0. The lowest BCUT2D eigenvalue weighted by molar-refractivity contribution is 0.00714. The molecule has 0 saturated heterocycles. The molecule has 0 spiro atoms. The third-order valence-electron chi connectivity index (χ3n) is 5.27. The molecule has 0 unspecified atom stereocenters. The topological polar surface area (TPSA) is 46.2 Å². The lowest BCUT2D eigenvalue weighted by atomic mass is 9.93. The molecule has 4 aromatic carbocycles. The smallest absolute Gasteiger partial charge is 0.169 e. The summed E-state index contributed by atoms with van der Waals surface area (Å²) in [4.78, 5) is 0. The second-order valence-corrected chi connectivity index (χ2v) is 7.07. The number of ether oxygens (including phenoxy) is 5. The van der Waals surface area contributed by atoms with Crippen LogP contribution in [0.5, 0.6) is 11.5 Å². The van der Waals surface area contributed by atoms with Crippen molar-refractivity contribution < 1.29 is 23.7 Å². The van der Waals surface area contributed by atoms with Gasteiger partial charge in [-0.15, -0.1) is 0 Å². The number of hydrogen-bond donors (Lipinski definition) is 0. The van der Waals surface area contributed by atoms with Crippen LogP contribution in [0, 0.1) is 0 Å². The molecule has 5 heteroatoms. The first-order chi connectivity index (χ1) is 14.4. The molecule has 29 heavy (non-hydrogen) atoms. The Balaban J connectivity index is 1.64. The Morgan fingerprint density at radius 3 is 1.31 bits per heavy atom. The van der Waals surface area contributed by atoms with Gasteiger partial charge >= 0.3 is 0 Å². The largest absolute Gasteiger partial charge is 0.487 e. The molecule has 5 nitrogen and oxygen atoms in total. The van der Waals surface area contributed by atoms with Crippen molar-refractivity contribution >= 4 is 32.3 Å². The maximum Gasteiger partial charge on any atom is 0.169 e. The van der Waals surface area contributed by atoms with Gasteiger partial charge in [0, 0.05) is 21.5 Å². The molecular weight excluding hydrogens is 368 g/mol. The van der Waals surface area contributed by atoms with Crippen LogP contribution >= 0.6 is 0 Å². The first-order valence-corrected chi connectivity index (χ1v) is 10.1. The van der Waals surface area contributed by atoms with Crippen LogP contribution in [0.1, 0.15) is 0 Å².